The number of nitrogens with zero attached hydrogens (tertiary/aromatic N) is 4. The summed E-state index contributed by atoms with van der Waals surface area (Å²) in [6, 6.07) is 10.1. The number of benzene rings is 1. The Bertz CT molecular complexity index is 1090. The maximum absolute atomic E-state index is 13.4. The number of hydrogen-bond donors (Lipinski definition) is 1. The zero-order valence-corrected chi connectivity index (χ0v) is 18.6. The van der Waals surface area contributed by atoms with E-state index in [1.165, 1.54) is 16.5 Å². The Kier molecular flexibility index (Phi) is 5.71. The average Bonchev–Trinajstić information content (AvgIpc) is 2.97. The van der Waals surface area contributed by atoms with Crippen LogP contribution in [0.4, 0.5) is 23.8 Å². The molecule has 2 aliphatic heterocycles. The van der Waals surface area contributed by atoms with Gasteiger partial charge in [0.1, 0.15) is 11.4 Å². The second kappa shape index (κ2) is 8.57. The SMILES string of the molecule is O=C1NC2(CCc3ccccc3C2)C(=O)N1CN1CCCN(c2ccc(C(F)(F)F)cn2)CC1. The van der Waals surface area contributed by atoms with Gasteiger partial charge in [-0.1, -0.05) is 24.3 Å². The Labute approximate surface area is 195 Å². The van der Waals surface area contributed by atoms with Crippen LogP contribution in [0.3, 0.4) is 0 Å². The van der Waals surface area contributed by atoms with Gasteiger partial charge >= 0.3 is 12.2 Å². The fourth-order valence-corrected chi connectivity index (χ4v) is 5.11. The number of alkyl halides is 3. The van der Waals surface area contributed by atoms with Gasteiger partial charge in [0.05, 0.1) is 12.2 Å². The number of rotatable bonds is 3. The molecule has 2 aromatic rings. The minimum absolute atomic E-state index is 0.183. The third kappa shape index (κ3) is 4.22. The molecule has 180 valence electrons. The summed E-state index contributed by atoms with van der Waals surface area (Å²) in [4.78, 5) is 35.4. The number of nitrogens with one attached hydrogen (secondary N) is 1. The number of imide groups is 1. The molecule has 3 heterocycles. The normalized spacial score (nSPS) is 23.7. The Morgan fingerprint density at radius 1 is 1.00 bits per heavy atom. The molecule has 2 saturated heterocycles. The van der Waals surface area contributed by atoms with E-state index in [4.69, 9.17) is 0 Å². The second-order valence-electron chi connectivity index (χ2n) is 9.19. The summed E-state index contributed by atoms with van der Waals surface area (Å²) in [5, 5.41) is 2.97. The van der Waals surface area contributed by atoms with E-state index in [2.05, 4.69) is 16.4 Å². The number of carbonyl (C=O) groups is 2. The van der Waals surface area contributed by atoms with Gasteiger partial charge in [0.15, 0.2) is 0 Å². The first-order valence-corrected chi connectivity index (χ1v) is 11.5. The second-order valence-corrected chi connectivity index (χ2v) is 9.19. The molecular weight excluding hydrogens is 447 g/mol. The molecule has 1 N–H and O–H groups in total. The van der Waals surface area contributed by atoms with Crippen molar-refractivity contribution < 1.29 is 22.8 Å². The molecule has 0 radical (unpaired) electrons. The summed E-state index contributed by atoms with van der Waals surface area (Å²) in [7, 11) is 0. The zero-order valence-electron chi connectivity index (χ0n) is 18.6. The molecular formula is C24H26F3N5O2. The van der Waals surface area contributed by atoms with Gasteiger partial charge in [-0.15, -0.1) is 0 Å². The number of urea groups is 1. The van der Waals surface area contributed by atoms with Crippen LogP contribution >= 0.6 is 0 Å². The highest BCUT2D eigenvalue weighted by Crippen LogP contribution is 2.34. The first-order chi connectivity index (χ1) is 16.2. The molecule has 1 aromatic heterocycles. The van der Waals surface area contributed by atoms with Crippen LogP contribution in [0.2, 0.25) is 0 Å². The number of hydrogen-bond acceptors (Lipinski definition) is 5. The topological polar surface area (TPSA) is 68.8 Å². The minimum Gasteiger partial charge on any atom is -0.355 e. The molecule has 0 bridgehead atoms. The van der Waals surface area contributed by atoms with Gasteiger partial charge in [-0.3, -0.25) is 9.69 Å². The fraction of sp³-hybridized carbons (Fsp3) is 0.458. The van der Waals surface area contributed by atoms with Gasteiger partial charge < -0.3 is 10.2 Å². The molecule has 1 aliphatic carbocycles. The third-order valence-corrected chi connectivity index (χ3v) is 7.01. The lowest BCUT2D eigenvalue weighted by molar-refractivity contribution is -0.137. The summed E-state index contributed by atoms with van der Waals surface area (Å²) in [5.74, 6) is 0.308. The number of amides is 3. The lowest BCUT2D eigenvalue weighted by Gasteiger charge is -2.32. The number of halogens is 3. The predicted octanol–water partition coefficient (Wildman–Crippen LogP) is 3.05. The van der Waals surface area contributed by atoms with Gasteiger partial charge in [0.2, 0.25) is 0 Å². The van der Waals surface area contributed by atoms with E-state index >= 15 is 0 Å². The number of pyridine rings is 1. The van der Waals surface area contributed by atoms with E-state index in [-0.39, 0.29) is 18.6 Å². The van der Waals surface area contributed by atoms with Crippen molar-refractivity contribution in [2.24, 2.45) is 0 Å². The summed E-state index contributed by atoms with van der Waals surface area (Å²) in [5.41, 5.74) is 0.662. The van der Waals surface area contributed by atoms with Crippen LogP contribution < -0.4 is 10.2 Å². The van der Waals surface area contributed by atoms with Crippen molar-refractivity contribution in [2.75, 3.05) is 37.7 Å². The Hall–Kier alpha value is -3.14. The summed E-state index contributed by atoms with van der Waals surface area (Å²) >= 11 is 0. The average molecular weight is 473 g/mol. The Balaban J connectivity index is 1.22. The van der Waals surface area contributed by atoms with Crippen LogP contribution in [-0.2, 0) is 23.8 Å². The van der Waals surface area contributed by atoms with Gasteiger partial charge in [-0.05, 0) is 42.5 Å². The zero-order chi connectivity index (χ0) is 23.9. The molecule has 2 fully saturated rings. The van der Waals surface area contributed by atoms with Crippen molar-refractivity contribution in [1.82, 2.24) is 20.1 Å². The van der Waals surface area contributed by atoms with E-state index in [0.29, 0.717) is 44.8 Å². The van der Waals surface area contributed by atoms with Crippen molar-refractivity contribution in [2.45, 2.75) is 37.4 Å². The van der Waals surface area contributed by atoms with Crippen LogP contribution in [0, 0.1) is 0 Å². The number of fused-ring (bicyclic) bond motifs is 1. The maximum Gasteiger partial charge on any atom is 0.417 e. The molecule has 3 amide bonds. The standard InChI is InChI=1S/C24H26F3N5O2/c25-24(26,27)19-6-7-20(28-15-19)31-11-3-10-30(12-13-31)16-32-21(33)23(29-22(32)34)9-8-17-4-1-2-5-18(17)14-23/h1-2,4-7,15H,3,8-14,16H2,(H,29,34). The fourth-order valence-electron chi connectivity index (χ4n) is 5.11. The number of carbonyl (C=O) groups excluding carboxylic acids is 2. The summed E-state index contributed by atoms with van der Waals surface area (Å²) in [6.45, 7) is 2.61. The third-order valence-electron chi connectivity index (χ3n) is 7.01. The van der Waals surface area contributed by atoms with Crippen LogP contribution in [0.1, 0.15) is 29.5 Å². The van der Waals surface area contributed by atoms with Gasteiger partial charge in [0.25, 0.3) is 5.91 Å². The molecule has 0 saturated carbocycles. The largest absolute Gasteiger partial charge is 0.417 e. The van der Waals surface area contributed by atoms with Crippen LogP contribution in [0.5, 0.6) is 0 Å². The van der Waals surface area contributed by atoms with E-state index in [0.717, 1.165) is 30.7 Å². The molecule has 5 rings (SSSR count). The van der Waals surface area contributed by atoms with E-state index < -0.39 is 17.3 Å². The smallest absolute Gasteiger partial charge is 0.355 e. The van der Waals surface area contributed by atoms with Gasteiger partial charge in [-0.25, -0.2) is 14.7 Å². The predicted molar refractivity (Wildman–Crippen MR) is 119 cm³/mol. The van der Waals surface area contributed by atoms with Crippen molar-refractivity contribution in [3.8, 4) is 0 Å². The molecule has 10 heteroatoms. The Morgan fingerprint density at radius 3 is 2.53 bits per heavy atom. The van der Waals surface area contributed by atoms with Crippen molar-refractivity contribution in [1.29, 1.82) is 0 Å². The molecule has 3 aliphatic rings. The van der Waals surface area contributed by atoms with E-state index in [1.54, 1.807) is 0 Å². The molecule has 1 spiro atoms. The number of aromatic nitrogens is 1. The van der Waals surface area contributed by atoms with E-state index in [9.17, 15) is 22.8 Å². The number of anilines is 1. The highest BCUT2D eigenvalue weighted by Gasteiger charge is 2.52. The van der Waals surface area contributed by atoms with Crippen molar-refractivity contribution in [3.05, 3.63) is 59.3 Å². The van der Waals surface area contributed by atoms with Crippen molar-refractivity contribution >= 4 is 17.8 Å². The highest BCUT2D eigenvalue weighted by molar-refractivity contribution is 6.07. The van der Waals surface area contributed by atoms with Crippen LogP contribution in [-0.4, -0.2) is 65.1 Å². The first kappa shape index (κ1) is 22.6. The van der Waals surface area contributed by atoms with E-state index in [1.807, 2.05) is 28.0 Å². The van der Waals surface area contributed by atoms with Crippen LogP contribution in [0.25, 0.3) is 0 Å². The van der Waals surface area contributed by atoms with Crippen LogP contribution in [0.15, 0.2) is 42.6 Å². The molecule has 34 heavy (non-hydrogen) atoms. The molecule has 1 unspecified atom stereocenters. The summed E-state index contributed by atoms with van der Waals surface area (Å²) in [6.07, 6.45) is -0.996. The first-order valence-electron chi connectivity index (χ1n) is 11.5. The van der Waals surface area contributed by atoms with Gasteiger partial charge in [-0.2, -0.15) is 13.2 Å². The quantitative estimate of drug-likeness (QED) is 0.695. The highest BCUT2D eigenvalue weighted by atomic mass is 19.4. The molecule has 1 aromatic carbocycles. The summed E-state index contributed by atoms with van der Waals surface area (Å²) < 4.78 is 38.4. The molecule has 7 nitrogen and oxygen atoms in total. The number of aryl methyl sites for hydroxylation is 1. The maximum atomic E-state index is 13.4. The Morgan fingerprint density at radius 2 is 1.79 bits per heavy atom. The monoisotopic (exact) mass is 473 g/mol. The lowest BCUT2D eigenvalue weighted by atomic mass is 9.78. The molecule has 1 atom stereocenters. The minimum atomic E-state index is -4.41. The van der Waals surface area contributed by atoms with Crippen molar-refractivity contribution in [3.63, 3.8) is 0 Å². The lowest BCUT2D eigenvalue weighted by Crippen LogP contribution is -2.51. The van der Waals surface area contributed by atoms with Gasteiger partial charge in [0, 0.05) is 38.8 Å².